The molecule has 0 saturated carbocycles. The lowest BCUT2D eigenvalue weighted by Crippen LogP contribution is -2.36. The quantitative estimate of drug-likeness (QED) is 0.458. The largest absolute Gasteiger partial charge is 0.480 e. The molecule has 2 atom stereocenters. The van der Waals surface area contributed by atoms with Crippen LogP contribution in [0.3, 0.4) is 0 Å². The highest BCUT2D eigenvalue weighted by Crippen LogP contribution is 1.86. The summed E-state index contributed by atoms with van der Waals surface area (Å²) in [5.74, 6) is -0.844. The fourth-order valence-corrected chi connectivity index (χ4v) is 1.46. The Balaban J connectivity index is 3.66. The Bertz CT molecular complexity index is 162. The van der Waals surface area contributed by atoms with E-state index in [0.29, 0.717) is 12.3 Å². The Morgan fingerprint density at radius 3 is 2.55 bits per heavy atom. The second-order valence-electron chi connectivity index (χ2n) is 2.04. The Morgan fingerprint density at radius 1 is 1.64 bits per heavy atom. The Morgan fingerprint density at radius 2 is 2.18 bits per heavy atom. The van der Waals surface area contributed by atoms with Crippen LogP contribution in [-0.2, 0) is 15.6 Å². The van der Waals surface area contributed by atoms with Crippen molar-refractivity contribution in [3.8, 4) is 0 Å². The van der Waals surface area contributed by atoms with E-state index in [9.17, 15) is 9.00 Å². The van der Waals surface area contributed by atoms with Crippen LogP contribution in [0.5, 0.6) is 0 Å². The van der Waals surface area contributed by atoms with Gasteiger partial charge in [0.15, 0.2) is 0 Å². The first-order valence-corrected chi connectivity index (χ1v) is 4.60. The second kappa shape index (κ2) is 5.22. The molecule has 0 aliphatic rings. The van der Waals surface area contributed by atoms with Gasteiger partial charge in [-0.2, -0.15) is 0 Å². The van der Waals surface area contributed by atoms with Crippen LogP contribution < -0.4 is 11.5 Å². The molecule has 6 heteroatoms. The van der Waals surface area contributed by atoms with E-state index in [1.54, 1.807) is 0 Å². The normalized spacial score (nSPS) is 15.8. The fraction of sp³-hybridized carbons (Fsp3) is 0.800. The summed E-state index contributed by atoms with van der Waals surface area (Å²) in [5, 5.41) is 8.31. The molecule has 66 valence electrons. The maximum atomic E-state index is 10.8. The zero-order valence-electron chi connectivity index (χ0n) is 6.03. The molecule has 0 heterocycles. The highest BCUT2D eigenvalue weighted by Gasteiger charge is 2.14. The highest BCUT2D eigenvalue weighted by molar-refractivity contribution is 7.85. The van der Waals surface area contributed by atoms with E-state index in [4.69, 9.17) is 16.6 Å². The molecule has 0 fully saturated rings. The van der Waals surface area contributed by atoms with Crippen LogP contribution in [0.1, 0.15) is 0 Å². The first-order valence-electron chi connectivity index (χ1n) is 3.11. The smallest absolute Gasteiger partial charge is 0.321 e. The molecule has 0 rings (SSSR count). The van der Waals surface area contributed by atoms with Crippen molar-refractivity contribution in [2.45, 2.75) is 6.04 Å². The molecule has 0 aromatic carbocycles. The molecule has 0 aliphatic carbocycles. The zero-order chi connectivity index (χ0) is 8.85. The molecule has 11 heavy (non-hydrogen) atoms. The first kappa shape index (κ1) is 10.5. The van der Waals surface area contributed by atoms with Crippen LogP contribution >= 0.6 is 0 Å². The number of nitrogens with two attached hydrogens (primary N) is 2. The predicted octanol–water partition coefficient (Wildman–Crippen LogP) is -1.89. The van der Waals surface area contributed by atoms with Crippen molar-refractivity contribution in [2.75, 3.05) is 18.1 Å². The average molecular weight is 180 g/mol. The molecule has 0 spiro atoms. The minimum absolute atomic E-state index is 0.0213. The van der Waals surface area contributed by atoms with Gasteiger partial charge in [0, 0.05) is 28.9 Å². The molecular weight excluding hydrogens is 168 g/mol. The Labute approximate surface area is 67.2 Å². The molecule has 0 radical (unpaired) electrons. The van der Waals surface area contributed by atoms with Gasteiger partial charge in [-0.15, -0.1) is 0 Å². The van der Waals surface area contributed by atoms with Crippen LogP contribution in [0.2, 0.25) is 0 Å². The monoisotopic (exact) mass is 180 g/mol. The third-order valence-corrected chi connectivity index (χ3v) is 2.45. The van der Waals surface area contributed by atoms with Crippen molar-refractivity contribution in [3.63, 3.8) is 0 Å². The summed E-state index contributed by atoms with van der Waals surface area (Å²) in [4.78, 5) is 10.1. The van der Waals surface area contributed by atoms with E-state index in [1.165, 1.54) is 0 Å². The van der Waals surface area contributed by atoms with Crippen molar-refractivity contribution in [1.29, 1.82) is 0 Å². The fourth-order valence-electron chi connectivity index (χ4n) is 0.486. The third kappa shape index (κ3) is 4.88. The summed E-state index contributed by atoms with van der Waals surface area (Å²) >= 11 is 0. The van der Waals surface area contributed by atoms with E-state index in [1.807, 2.05) is 0 Å². The topological polar surface area (TPSA) is 106 Å². The van der Waals surface area contributed by atoms with Gasteiger partial charge < -0.3 is 16.6 Å². The van der Waals surface area contributed by atoms with Gasteiger partial charge in [0.2, 0.25) is 0 Å². The van der Waals surface area contributed by atoms with Gasteiger partial charge in [-0.3, -0.25) is 9.00 Å². The summed E-state index contributed by atoms with van der Waals surface area (Å²) < 4.78 is 10.8. The van der Waals surface area contributed by atoms with Crippen molar-refractivity contribution < 1.29 is 14.1 Å². The molecule has 0 aromatic rings. The number of carboxylic acid groups (broad SMARTS) is 1. The average Bonchev–Trinajstić information content (AvgIpc) is 1.87. The van der Waals surface area contributed by atoms with Crippen molar-refractivity contribution in [1.82, 2.24) is 0 Å². The highest BCUT2D eigenvalue weighted by atomic mass is 32.2. The summed E-state index contributed by atoms with van der Waals surface area (Å²) in [6.07, 6.45) is 0. The Kier molecular flexibility index (Phi) is 5.01. The maximum Gasteiger partial charge on any atom is 0.321 e. The van der Waals surface area contributed by atoms with Crippen LogP contribution in [-0.4, -0.2) is 39.4 Å². The van der Waals surface area contributed by atoms with Gasteiger partial charge in [-0.25, -0.2) is 0 Å². The molecule has 0 amide bonds. The summed E-state index contributed by atoms with van der Waals surface area (Å²) in [6.45, 7) is 0.291. The number of hydrogen-bond acceptors (Lipinski definition) is 4. The SMILES string of the molecule is NCCS(=O)C[C@H](N)C(=O)O. The number of carbonyl (C=O) groups is 1. The van der Waals surface area contributed by atoms with Gasteiger partial charge in [-0.1, -0.05) is 0 Å². The second-order valence-corrected chi connectivity index (χ2v) is 3.67. The van der Waals surface area contributed by atoms with E-state index < -0.39 is 22.8 Å². The van der Waals surface area contributed by atoms with Gasteiger partial charge in [-0.05, 0) is 0 Å². The molecular formula is C5H12N2O3S. The predicted molar refractivity (Wildman–Crippen MR) is 42.5 cm³/mol. The molecule has 5 nitrogen and oxygen atoms in total. The van der Waals surface area contributed by atoms with E-state index in [0.717, 1.165) is 0 Å². The number of hydrogen-bond donors (Lipinski definition) is 3. The lowest BCUT2D eigenvalue weighted by Gasteiger charge is -2.04. The van der Waals surface area contributed by atoms with Gasteiger partial charge in [0.25, 0.3) is 0 Å². The minimum Gasteiger partial charge on any atom is -0.480 e. The Hall–Kier alpha value is -0.460. The summed E-state index contributed by atoms with van der Waals surface area (Å²) in [7, 11) is -1.20. The van der Waals surface area contributed by atoms with Crippen molar-refractivity contribution >= 4 is 16.8 Å². The van der Waals surface area contributed by atoms with Gasteiger partial charge >= 0.3 is 5.97 Å². The van der Waals surface area contributed by atoms with Crippen molar-refractivity contribution in [3.05, 3.63) is 0 Å². The molecule has 5 N–H and O–H groups in total. The third-order valence-electron chi connectivity index (χ3n) is 1.03. The van der Waals surface area contributed by atoms with E-state index in [2.05, 4.69) is 0 Å². The zero-order valence-corrected chi connectivity index (χ0v) is 6.84. The number of aliphatic carboxylic acids is 1. The number of carboxylic acids is 1. The molecule has 0 bridgehead atoms. The van der Waals surface area contributed by atoms with Crippen molar-refractivity contribution in [2.24, 2.45) is 11.5 Å². The van der Waals surface area contributed by atoms with Crippen LogP contribution in [0.25, 0.3) is 0 Å². The number of rotatable bonds is 5. The molecule has 0 aliphatic heterocycles. The molecule has 1 unspecified atom stereocenters. The minimum atomic E-state index is -1.20. The first-order chi connectivity index (χ1) is 5.07. The van der Waals surface area contributed by atoms with Gasteiger partial charge in [0.05, 0.1) is 0 Å². The lowest BCUT2D eigenvalue weighted by molar-refractivity contribution is -0.137. The summed E-state index contributed by atoms with van der Waals surface area (Å²) in [6, 6.07) is -1.04. The molecule has 0 saturated heterocycles. The molecule has 0 aromatic heterocycles. The standard InChI is InChI=1S/C5H12N2O3S/c6-1-2-11(10)3-4(7)5(8)9/h4H,1-3,6-7H2,(H,8,9)/t4-,11?/m0/s1. The maximum absolute atomic E-state index is 10.8. The lowest BCUT2D eigenvalue weighted by atomic mass is 10.4. The van der Waals surface area contributed by atoms with Crippen LogP contribution in [0, 0.1) is 0 Å². The van der Waals surface area contributed by atoms with E-state index >= 15 is 0 Å². The summed E-state index contributed by atoms with van der Waals surface area (Å²) in [5.41, 5.74) is 10.2. The van der Waals surface area contributed by atoms with Crippen LogP contribution in [0.4, 0.5) is 0 Å². The van der Waals surface area contributed by atoms with Gasteiger partial charge in [0.1, 0.15) is 6.04 Å². The van der Waals surface area contributed by atoms with Crippen LogP contribution in [0.15, 0.2) is 0 Å². The van der Waals surface area contributed by atoms with E-state index in [-0.39, 0.29) is 5.75 Å².